The van der Waals surface area contributed by atoms with Crippen molar-refractivity contribution in [2.24, 2.45) is 12.8 Å². The minimum atomic E-state index is -0.488. The van der Waals surface area contributed by atoms with Gasteiger partial charge in [0.05, 0.1) is 6.61 Å². The highest BCUT2D eigenvalue weighted by molar-refractivity contribution is 5.04. The zero-order valence-corrected chi connectivity index (χ0v) is 6.90. The molecule has 2 heterocycles. The van der Waals surface area contributed by atoms with Crippen LogP contribution in [0, 0.1) is 0 Å². The molecule has 2 rings (SSSR count). The predicted molar refractivity (Wildman–Crippen MR) is 40.1 cm³/mol. The van der Waals surface area contributed by atoms with Gasteiger partial charge in [-0.15, -0.1) is 5.10 Å². The van der Waals surface area contributed by atoms with E-state index in [0.717, 1.165) is 6.42 Å². The summed E-state index contributed by atoms with van der Waals surface area (Å²) in [5.41, 5.74) is 5.55. The maximum atomic E-state index is 6.04. The Morgan fingerprint density at radius 3 is 3.00 bits per heavy atom. The van der Waals surface area contributed by atoms with Gasteiger partial charge >= 0.3 is 0 Å². The maximum absolute atomic E-state index is 6.04. The fraction of sp³-hybridized carbons (Fsp3) is 0.833. The quantitative estimate of drug-likeness (QED) is 0.570. The molecule has 1 aromatic heterocycles. The van der Waals surface area contributed by atoms with Gasteiger partial charge in [-0.1, -0.05) is 0 Å². The first-order valence-electron chi connectivity index (χ1n) is 3.82. The van der Waals surface area contributed by atoms with Crippen molar-refractivity contribution in [3.05, 3.63) is 5.82 Å². The lowest BCUT2D eigenvalue weighted by Crippen LogP contribution is -2.39. The number of aryl methyl sites for hydroxylation is 1. The third-order valence-corrected chi connectivity index (χ3v) is 2.12. The average molecular weight is 169 g/mol. The van der Waals surface area contributed by atoms with Gasteiger partial charge in [0.2, 0.25) is 0 Å². The molecule has 1 fully saturated rings. The van der Waals surface area contributed by atoms with Crippen LogP contribution in [-0.4, -0.2) is 33.4 Å². The van der Waals surface area contributed by atoms with E-state index in [4.69, 9.17) is 10.5 Å². The normalized spacial score (nSPS) is 29.5. The highest BCUT2D eigenvalue weighted by atomic mass is 16.5. The highest BCUT2D eigenvalue weighted by Gasteiger charge is 2.36. The maximum Gasteiger partial charge on any atom is 0.173 e. The first-order chi connectivity index (χ1) is 5.72. The van der Waals surface area contributed by atoms with Crippen LogP contribution in [0.2, 0.25) is 0 Å². The molecule has 0 amide bonds. The predicted octanol–water partition coefficient (Wildman–Crippen LogP) is -1.22. The Balaban J connectivity index is 2.34. The Bertz CT molecular complexity index is 277. The van der Waals surface area contributed by atoms with E-state index in [9.17, 15) is 0 Å². The SMILES string of the molecule is Cn1nnnc1C1(N)CCOC1. The molecule has 2 N–H and O–H groups in total. The van der Waals surface area contributed by atoms with E-state index in [2.05, 4.69) is 15.5 Å². The molecule has 1 aromatic rings. The molecule has 0 spiro atoms. The van der Waals surface area contributed by atoms with Crippen LogP contribution >= 0.6 is 0 Å². The second kappa shape index (κ2) is 2.49. The van der Waals surface area contributed by atoms with Gasteiger partial charge in [-0.05, 0) is 16.8 Å². The second-order valence-electron chi connectivity index (χ2n) is 3.08. The highest BCUT2D eigenvalue weighted by Crippen LogP contribution is 2.24. The number of tetrazole rings is 1. The first-order valence-corrected chi connectivity index (χ1v) is 3.82. The van der Waals surface area contributed by atoms with Crippen LogP contribution in [0.1, 0.15) is 12.2 Å². The molecule has 1 saturated heterocycles. The molecule has 66 valence electrons. The van der Waals surface area contributed by atoms with E-state index in [0.29, 0.717) is 19.0 Å². The van der Waals surface area contributed by atoms with Crippen molar-refractivity contribution in [1.29, 1.82) is 0 Å². The summed E-state index contributed by atoms with van der Waals surface area (Å²) < 4.78 is 6.80. The summed E-state index contributed by atoms with van der Waals surface area (Å²) in [5.74, 6) is 0.694. The standard InChI is InChI=1S/C6H11N5O/c1-11-5(8-9-10-11)6(7)2-3-12-4-6/h2-4,7H2,1H3. The lowest BCUT2D eigenvalue weighted by Gasteiger charge is -2.18. The number of ether oxygens (including phenoxy) is 1. The summed E-state index contributed by atoms with van der Waals surface area (Å²) in [5, 5.41) is 11.1. The van der Waals surface area contributed by atoms with E-state index in [1.807, 2.05) is 0 Å². The van der Waals surface area contributed by atoms with Gasteiger partial charge in [-0.3, -0.25) is 0 Å². The van der Waals surface area contributed by atoms with Crippen LogP contribution in [0.4, 0.5) is 0 Å². The van der Waals surface area contributed by atoms with Crippen LogP contribution < -0.4 is 5.73 Å². The van der Waals surface area contributed by atoms with Crippen molar-refractivity contribution < 1.29 is 4.74 Å². The molecule has 0 aromatic carbocycles. The molecule has 0 radical (unpaired) electrons. The Morgan fingerprint density at radius 1 is 1.67 bits per heavy atom. The minimum Gasteiger partial charge on any atom is -0.379 e. The van der Waals surface area contributed by atoms with Gasteiger partial charge in [-0.2, -0.15) is 0 Å². The van der Waals surface area contributed by atoms with E-state index >= 15 is 0 Å². The number of hydrogen-bond donors (Lipinski definition) is 1. The van der Waals surface area contributed by atoms with Gasteiger partial charge < -0.3 is 10.5 Å². The molecular weight excluding hydrogens is 158 g/mol. The summed E-state index contributed by atoms with van der Waals surface area (Å²) in [6.45, 7) is 1.19. The fourth-order valence-electron chi connectivity index (χ4n) is 1.41. The molecule has 1 unspecified atom stereocenters. The zero-order chi connectivity index (χ0) is 8.60. The van der Waals surface area contributed by atoms with Crippen LogP contribution in [0.15, 0.2) is 0 Å². The van der Waals surface area contributed by atoms with Crippen molar-refractivity contribution >= 4 is 0 Å². The van der Waals surface area contributed by atoms with E-state index in [1.165, 1.54) is 0 Å². The van der Waals surface area contributed by atoms with Gasteiger partial charge in [0, 0.05) is 13.7 Å². The molecule has 6 nitrogen and oxygen atoms in total. The monoisotopic (exact) mass is 169 g/mol. The van der Waals surface area contributed by atoms with E-state index < -0.39 is 5.54 Å². The number of rotatable bonds is 1. The van der Waals surface area contributed by atoms with Crippen LogP contribution in [0.3, 0.4) is 0 Å². The van der Waals surface area contributed by atoms with Crippen molar-refractivity contribution in [3.63, 3.8) is 0 Å². The summed E-state index contributed by atoms with van der Waals surface area (Å²) in [4.78, 5) is 0. The molecule has 0 saturated carbocycles. The minimum absolute atomic E-state index is 0.488. The van der Waals surface area contributed by atoms with Crippen LogP contribution in [0.5, 0.6) is 0 Å². The molecule has 1 aliphatic heterocycles. The fourth-order valence-corrected chi connectivity index (χ4v) is 1.41. The number of nitrogens with zero attached hydrogens (tertiary/aromatic N) is 4. The van der Waals surface area contributed by atoms with Crippen molar-refractivity contribution in [2.45, 2.75) is 12.0 Å². The largest absolute Gasteiger partial charge is 0.379 e. The average Bonchev–Trinajstić information content (AvgIpc) is 2.59. The van der Waals surface area contributed by atoms with Crippen molar-refractivity contribution in [1.82, 2.24) is 20.2 Å². The molecular formula is C6H11N5O. The summed E-state index contributed by atoms with van der Waals surface area (Å²) in [6.07, 6.45) is 0.779. The number of nitrogens with two attached hydrogens (primary N) is 1. The molecule has 12 heavy (non-hydrogen) atoms. The van der Waals surface area contributed by atoms with Crippen LogP contribution in [0.25, 0.3) is 0 Å². The van der Waals surface area contributed by atoms with E-state index in [1.54, 1.807) is 11.7 Å². The topological polar surface area (TPSA) is 78.9 Å². The van der Waals surface area contributed by atoms with Crippen molar-refractivity contribution in [3.8, 4) is 0 Å². The Morgan fingerprint density at radius 2 is 2.50 bits per heavy atom. The van der Waals surface area contributed by atoms with Gasteiger partial charge in [-0.25, -0.2) is 4.68 Å². The molecule has 1 aliphatic rings. The summed E-state index contributed by atoms with van der Waals surface area (Å²) in [7, 11) is 1.78. The Kier molecular flexibility index (Phi) is 1.59. The Labute approximate surface area is 69.7 Å². The summed E-state index contributed by atoms with van der Waals surface area (Å²) in [6, 6.07) is 0. The Hall–Kier alpha value is -1.01. The lowest BCUT2D eigenvalue weighted by molar-refractivity contribution is 0.175. The molecule has 0 bridgehead atoms. The van der Waals surface area contributed by atoms with Gasteiger partial charge in [0.1, 0.15) is 5.54 Å². The lowest BCUT2D eigenvalue weighted by atomic mass is 10.00. The third-order valence-electron chi connectivity index (χ3n) is 2.12. The zero-order valence-electron chi connectivity index (χ0n) is 6.90. The van der Waals surface area contributed by atoms with Gasteiger partial charge in [0.15, 0.2) is 5.82 Å². The van der Waals surface area contributed by atoms with E-state index in [-0.39, 0.29) is 0 Å². The molecule has 1 atom stereocenters. The van der Waals surface area contributed by atoms with Crippen LogP contribution in [-0.2, 0) is 17.3 Å². The molecule has 6 heteroatoms. The number of hydrogen-bond acceptors (Lipinski definition) is 5. The number of aromatic nitrogens is 4. The van der Waals surface area contributed by atoms with Gasteiger partial charge in [0.25, 0.3) is 0 Å². The smallest absolute Gasteiger partial charge is 0.173 e. The van der Waals surface area contributed by atoms with Crippen molar-refractivity contribution in [2.75, 3.05) is 13.2 Å². The molecule has 0 aliphatic carbocycles. The second-order valence-corrected chi connectivity index (χ2v) is 3.08. The third kappa shape index (κ3) is 0.997. The summed E-state index contributed by atoms with van der Waals surface area (Å²) >= 11 is 0. The first kappa shape index (κ1) is 7.63.